The summed E-state index contributed by atoms with van der Waals surface area (Å²) in [6.45, 7) is 1.55. The molecule has 0 radical (unpaired) electrons. The molecule has 1 saturated heterocycles. The number of hydrogen-bond acceptors (Lipinski definition) is 5. The molecule has 1 aliphatic rings. The van der Waals surface area contributed by atoms with Gasteiger partial charge in [-0.3, -0.25) is 19.7 Å². The van der Waals surface area contributed by atoms with E-state index in [-0.39, 0.29) is 28.1 Å². The molecule has 152 valence electrons. The van der Waals surface area contributed by atoms with Crippen molar-refractivity contribution in [2.24, 2.45) is 5.92 Å². The Bertz CT molecular complexity index is 918. The lowest BCUT2D eigenvalue weighted by Crippen LogP contribution is -2.41. The van der Waals surface area contributed by atoms with Crippen molar-refractivity contribution in [1.82, 2.24) is 10.2 Å². The van der Waals surface area contributed by atoms with Crippen LogP contribution in [0.25, 0.3) is 6.08 Å². The number of amides is 2. The molecule has 2 amide bonds. The van der Waals surface area contributed by atoms with Gasteiger partial charge in [0, 0.05) is 36.8 Å². The average Bonchev–Trinajstić information content (AvgIpc) is 3.24. The Morgan fingerprint density at radius 3 is 2.72 bits per heavy atom. The van der Waals surface area contributed by atoms with Crippen molar-refractivity contribution < 1.29 is 18.9 Å². The number of benzene rings is 1. The van der Waals surface area contributed by atoms with Crippen molar-refractivity contribution in [3.63, 3.8) is 0 Å². The topological polar surface area (TPSA) is 106 Å². The van der Waals surface area contributed by atoms with Crippen LogP contribution in [0.3, 0.4) is 0 Å². The molecule has 0 spiro atoms. The molecule has 8 nitrogen and oxygen atoms in total. The molecule has 1 fully saturated rings. The van der Waals surface area contributed by atoms with Crippen molar-refractivity contribution >= 4 is 35.2 Å². The van der Waals surface area contributed by atoms with Crippen LogP contribution in [0.15, 0.2) is 47.1 Å². The van der Waals surface area contributed by atoms with Crippen LogP contribution in [0.1, 0.15) is 29.0 Å². The van der Waals surface area contributed by atoms with Gasteiger partial charge in [-0.25, -0.2) is 0 Å². The minimum Gasteiger partial charge on any atom is -0.465 e. The first-order valence-electron chi connectivity index (χ1n) is 9.16. The number of furan rings is 1. The predicted octanol–water partition coefficient (Wildman–Crippen LogP) is 3.52. The summed E-state index contributed by atoms with van der Waals surface area (Å²) in [6, 6.07) is 7.41. The lowest BCUT2D eigenvalue weighted by atomic mass is 9.96. The Morgan fingerprint density at radius 2 is 2.07 bits per heavy atom. The van der Waals surface area contributed by atoms with E-state index in [4.69, 9.17) is 16.0 Å². The smallest absolute Gasteiger partial charge is 0.282 e. The standard InChI is InChI=1S/C20H20ClN3O5/c21-15-3-5-18(24(27)28)17(12-15)20(26)22-13-14-7-9-23(10-8-14)19(25)6-4-16-2-1-11-29-16/h1-6,11-12,14H,7-10,13H2,(H,22,26)/b6-4+. The molecular formula is C20H20ClN3O5. The van der Waals surface area contributed by atoms with Crippen LogP contribution in [-0.2, 0) is 4.79 Å². The monoisotopic (exact) mass is 417 g/mol. The van der Waals surface area contributed by atoms with Gasteiger partial charge in [0.2, 0.25) is 5.91 Å². The Morgan fingerprint density at radius 1 is 1.31 bits per heavy atom. The molecule has 0 aliphatic carbocycles. The van der Waals surface area contributed by atoms with Crippen molar-refractivity contribution in [2.45, 2.75) is 12.8 Å². The molecular weight excluding hydrogens is 398 g/mol. The minimum absolute atomic E-state index is 0.0572. The van der Waals surface area contributed by atoms with Gasteiger partial charge in [-0.05, 0) is 49.1 Å². The second kappa shape index (κ2) is 9.38. The van der Waals surface area contributed by atoms with Crippen LogP contribution in [0.5, 0.6) is 0 Å². The molecule has 0 atom stereocenters. The first-order valence-corrected chi connectivity index (χ1v) is 9.54. The molecule has 0 bridgehead atoms. The number of piperidine rings is 1. The van der Waals surface area contributed by atoms with Crippen molar-refractivity contribution in [2.75, 3.05) is 19.6 Å². The van der Waals surface area contributed by atoms with E-state index in [1.54, 1.807) is 29.4 Å². The Labute approximate surface area is 172 Å². The maximum Gasteiger partial charge on any atom is 0.282 e. The van der Waals surface area contributed by atoms with E-state index >= 15 is 0 Å². The molecule has 0 unspecified atom stereocenters. The third kappa shape index (κ3) is 5.45. The number of carbonyl (C=O) groups excluding carboxylic acids is 2. The molecule has 2 aromatic rings. The number of rotatable bonds is 6. The molecule has 0 saturated carbocycles. The van der Waals surface area contributed by atoms with E-state index in [9.17, 15) is 19.7 Å². The summed E-state index contributed by atoms with van der Waals surface area (Å²) in [7, 11) is 0. The van der Waals surface area contributed by atoms with Crippen molar-refractivity contribution in [3.8, 4) is 0 Å². The van der Waals surface area contributed by atoms with Gasteiger partial charge >= 0.3 is 0 Å². The number of nitro groups is 1. The van der Waals surface area contributed by atoms with Gasteiger partial charge < -0.3 is 14.6 Å². The largest absolute Gasteiger partial charge is 0.465 e. The van der Waals surface area contributed by atoms with Crippen molar-refractivity contribution in [1.29, 1.82) is 0 Å². The van der Waals surface area contributed by atoms with Crippen LogP contribution in [0, 0.1) is 16.0 Å². The zero-order chi connectivity index (χ0) is 20.8. The lowest BCUT2D eigenvalue weighted by molar-refractivity contribution is -0.385. The van der Waals surface area contributed by atoms with Gasteiger partial charge in [-0.1, -0.05) is 11.6 Å². The highest BCUT2D eigenvalue weighted by Gasteiger charge is 2.24. The quantitative estimate of drug-likeness (QED) is 0.439. The van der Waals surface area contributed by atoms with E-state index < -0.39 is 10.8 Å². The summed E-state index contributed by atoms with van der Waals surface area (Å²) in [6.07, 6.45) is 6.13. The number of halogens is 1. The fourth-order valence-corrected chi connectivity index (χ4v) is 3.36. The van der Waals surface area contributed by atoms with Gasteiger partial charge in [0.25, 0.3) is 11.6 Å². The highest BCUT2D eigenvalue weighted by Crippen LogP contribution is 2.23. The Hall–Kier alpha value is -3.13. The normalized spacial score (nSPS) is 14.9. The van der Waals surface area contributed by atoms with Gasteiger partial charge in [0.15, 0.2) is 0 Å². The lowest BCUT2D eigenvalue weighted by Gasteiger charge is -2.31. The van der Waals surface area contributed by atoms with Crippen LogP contribution < -0.4 is 5.32 Å². The molecule has 1 N–H and O–H groups in total. The van der Waals surface area contributed by atoms with Crippen LogP contribution in [0.2, 0.25) is 5.02 Å². The van der Waals surface area contributed by atoms with Crippen molar-refractivity contribution in [3.05, 3.63) is 69.1 Å². The summed E-state index contributed by atoms with van der Waals surface area (Å²) in [5.41, 5.74) is -0.339. The van der Waals surface area contributed by atoms with Gasteiger partial charge in [0.05, 0.1) is 11.2 Å². The Balaban J connectivity index is 1.49. The maximum absolute atomic E-state index is 12.4. The number of nitrogens with one attached hydrogen (secondary N) is 1. The molecule has 2 heterocycles. The fraction of sp³-hybridized carbons (Fsp3) is 0.300. The van der Waals surface area contributed by atoms with E-state index in [0.29, 0.717) is 25.4 Å². The average molecular weight is 418 g/mol. The van der Waals surface area contributed by atoms with Crippen LogP contribution >= 0.6 is 11.6 Å². The van der Waals surface area contributed by atoms with E-state index in [1.165, 1.54) is 24.3 Å². The SMILES string of the molecule is O=C(NCC1CCN(C(=O)/C=C/c2ccco2)CC1)c1cc(Cl)ccc1[N+](=O)[O-]. The predicted molar refractivity (Wildman–Crippen MR) is 107 cm³/mol. The highest BCUT2D eigenvalue weighted by molar-refractivity contribution is 6.31. The zero-order valence-corrected chi connectivity index (χ0v) is 16.3. The number of nitrogens with zero attached hydrogens (tertiary/aromatic N) is 2. The fourth-order valence-electron chi connectivity index (χ4n) is 3.18. The number of nitro benzene ring substituents is 1. The first-order chi connectivity index (χ1) is 13.9. The second-order valence-corrected chi connectivity index (χ2v) is 7.18. The number of likely N-dealkylation sites (tertiary alicyclic amines) is 1. The third-order valence-corrected chi connectivity index (χ3v) is 5.05. The second-order valence-electron chi connectivity index (χ2n) is 6.75. The summed E-state index contributed by atoms with van der Waals surface area (Å²) in [4.78, 5) is 36.9. The number of hydrogen-bond donors (Lipinski definition) is 1. The van der Waals surface area contributed by atoms with E-state index in [2.05, 4.69) is 5.32 Å². The van der Waals surface area contributed by atoms with Gasteiger partial charge in [0.1, 0.15) is 11.3 Å². The van der Waals surface area contributed by atoms with Crippen LogP contribution in [0.4, 0.5) is 5.69 Å². The molecule has 9 heteroatoms. The summed E-state index contributed by atoms with van der Waals surface area (Å²) in [5, 5.41) is 14.1. The summed E-state index contributed by atoms with van der Waals surface area (Å²) in [5.74, 6) is 0.193. The molecule has 1 aromatic carbocycles. The molecule has 29 heavy (non-hydrogen) atoms. The van der Waals surface area contributed by atoms with Gasteiger partial charge in [-0.15, -0.1) is 0 Å². The molecule has 1 aromatic heterocycles. The summed E-state index contributed by atoms with van der Waals surface area (Å²) >= 11 is 5.87. The van der Waals surface area contributed by atoms with Gasteiger partial charge in [-0.2, -0.15) is 0 Å². The minimum atomic E-state index is -0.606. The number of carbonyl (C=O) groups is 2. The van der Waals surface area contributed by atoms with Crippen LogP contribution in [-0.4, -0.2) is 41.3 Å². The zero-order valence-electron chi connectivity index (χ0n) is 15.5. The Kier molecular flexibility index (Phi) is 6.66. The molecule has 1 aliphatic heterocycles. The maximum atomic E-state index is 12.4. The highest BCUT2D eigenvalue weighted by atomic mass is 35.5. The third-order valence-electron chi connectivity index (χ3n) is 4.81. The summed E-state index contributed by atoms with van der Waals surface area (Å²) < 4.78 is 5.16. The molecule has 3 rings (SSSR count). The van der Waals surface area contributed by atoms with E-state index in [0.717, 1.165) is 12.8 Å². The van der Waals surface area contributed by atoms with E-state index in [1.807, 2.05) is 0 Å². The first kappa shape index (κ1) is 20.6.